The van der Waals surface area contributed by atoms with Crippen molar-refractivity contribution in [2.75, 3.05) is 0 Å². The van der Waals surface area contributed by atoms with Gasteiger partial charge in [-0.15, -0.1) is 18.2 Å². The van der Waals surface area contributed by atoms with E-state index in [2.05, 4.69) is 6.58 Å². The van der Waals surface area contributed by atoms with Gasteiger partial charge >= 0.3 is 5.97 Å². The maximum atomic E-state index is 9.93. The zero-order valence-corrected chi connectivity index (χ0v) is 5.77. The summed E-state index contributed by atoms with van der Waals surface area (Å²) in [6.07, 6.45) is 2.10. The maximum Gasteiger partial charge on any atom is 0.303 e. The normalized spacial score (nSPS) is 12.6. The first-order chi connectivity index (χ1) is 4.16. The molecule has 0 aromatic heterocycles. The summed E-state index contributed by atoms with van der Waals surface area (Å²) in [5.74, 6) is -0.817. The smallest absolute Gasteiger partial charge is 0.303 e. The van der Waals surface area contributed by atoms with Gasteiger partial charge in [0, 0.05) is 6.42 Å². The molecular weight excluding hydrogens is 140 g/mol. The third-order valence-corrected chi connectivity index (χ3v) is 1.29. The molecule has 0 spiro atoms. The second-order valence-corrected chi connectivity index (χ2v) is 2.24. The van der Waals surface area contributed by atoms with Gasteiger partial charge in [0.05, 0.1) is 5.38 Å². The minimum atomic E-state index is -0.817. The first-order valence-corrected chi connectivity index (χ1v) is 3.09. The van der Waals surface area contributed by atoms with Crippen molar-refractivity contribution in [1.82, 2.24) is 0 Å². The summed E-state index contributed by atoms with van der Waals surface area (Å²) in [6.45, 7) is 3.41. The lowest BCUT2D eigenvalue weighted by Crippen LogP contribution is -1.99. The summed E-state index contributed by atoms with van der Waals surface area (Å²) in [5, 5.41) is 7.96. The van der Waals surface area contributed by atoms with E-state index in [1.807, 2.05) is 0 Å². The Bertz CT molecular complexity index is 112. The van der Waals surface area contributed by atoms with Crippen molar-refractivity contribution < 1.29 is 9.90 Å². The molecule has 0 saturated carbocycles. The third kappa shape index (κ3) is 5.37. The van der Waals surface area contributed by atoms with E-state index in [1.54, 1.807) is 0 Å². The van der Waals surface area contributed by atoms with Crippen molar-refractivity contribution in [3.8, 4) is 0 Å². The molecule has 0 saturated heterocycles. The fraction of sp³-hybridized carbons (Fsp3) is 0.500. The molecule has 2 nitrogen and oxygen atoms in total. The Morgan fingerprint density at radius 2 is 2.44 bits per heavy atom. The van der Waals surface area contributed by atoms with Gasteiger partial charge in [0.2, 0.25) is 0 Å². The average molecular weight is 149 g/mol. The van der Waals surface area contributed by atoms with Gasteiger partial charge < -0.3 is 5.11 Å². The van der Waals surface area contributed by atoms with E-state index >= 15 is 0 Å². The van der Waals surface area contributed by atoms with Crippen LogP contribution in [0, 0.1) is 0 Å². The molecule has 9 heavy (non-hydrogen) atoms. The van der Waals surface area contributed by atoms with Gasteiger partial charge in [-0.2, -0.15) is 0 Å². The highest BCUT2D eigenvalue weighted by Gasteiger charge is 2.01. The second-order valence-electron chi connectivity index (χ2n) is 1.68. The lowest BCUT2D eigenvalue weighted by Gasteiger charge is -1.97. The van der Waals surface area contributed by atoms with Crippen LogP contribution in [0.4, 0.5) is 0 Å². The molecule has 0 heterocycles. The highest BCUT2D eigenvalue weighted by Crippen LogP contribution is 2.04. The zero-order chi connectivity index (χ0) is 7.28. The van der Waals surface area contributed by atoms with Crippen molar-refractivity contribution in [2.24, 2.45) is 0 Å². The van der Waals surface area contributed by atoms with E-state index < -0.39 is 5.97 Å². The van der Waals surface area contributed by atoms with Crippen LogP contribution in [0.15, 0.2) is 12.7 Å². The van der Waals surface area contributed by atoms with E-state index in [0.717, 1.165) is 0 Å². The number of carboxylic acid groups (broad SMARTS) is 1. The fourth-order valence-corrected chi connectivity index (χ4v) is 0.488. The molecule has 1 unspecified atom stereocenters. The van der Waals surface area contributed by atoms with Gasteiger partial charge in [0.1, 0.15) is 0 Å². The lowest BCUT2D eigenvalue weighted by molar-refractivity contribution is -0.137. The minimum absolute atomic E-state index is 0.111. The predicted molar refractivity (Wildman–Crippen MR) is 36.7 cm³/mol. The molecule has 0 rings (SSSR count). The van der Waals surface area contributed by atoms with Gasteiger partial charge in [-0.05, 0) is 6.42 Å². The molecule has 0 aliphatic heterocycles. The molecule has 0 radical (unpaired) electrons. The summed E-state index contributed by atoms with van der Waals surface area (Å²) in [5.41, 5.74) is 0. The Balaban J connectivity index is 3.26. The molecular formula is C6H9ClO2. The standard InChI is InChI=1S/C6H9ClO2/c1-2-5(7)3-4-6(8)9/h2,5H,1,3-4H2,(H,8,9). The van der Waals surface area contributed by atoms with E-state index in [-0.39, 0.29) is 11.8 Å². The summed E-state index contributed by atoms with van der Waals surface area (Å²) in [4.78, 5) is 9.93. The molecule has 0 aliphatic rings. The molecule has 0 amide bonds. The Morgan fingerprint density at radius 3 is 2.78 bits per heavy atom. The quantitative estimate of drug-likeness (QED) is 0.486. The number of alkyl halides is 1. The number of carbonyl (C=O) groups is 1. The van der Waals surface area contributed by atoms with Crippen molar-refractivity contribution in [1.29, 1.82) is 0 Å². The first-order valence-electron chi connectivity index (χ1n) is 2.65. The molecule has 1 atom stereocenters. The van der Waals surface area contributed by atoms with Gasteiger partial charge in [0.25, 0.3) is 0 Å². The summed E-state index contributed by atoms with van der Waals surface area (Å²) in [6, 6.07) is 0. The first kappa shape index (κ1) is 8.50. The number of hydrogen-bond acceptors (Lipinski definition) is 1. The van der Waals surface area contributed by atoms with Crippen molar-refractivity contribution in [2.45, 2.75) is 18.2 Å². The Hall–Kier alpha value is -0.500. The summed E-state index contributed by atoms with van der Waals surface area (Å²) in [7, 11) is 0. The fourth-order valence-electron chi connectivity index (χ4n) is 0.379. The number of halogens is 1. The molecule has 3 heteroatoms. The van der Waals surface area contributed by atoms with Crippen LogP contribution in [0.1, 0.15) is 12.8 Å². The number of allylic oxidation sites excluding steroid dienone is 1. The number of hydrogen-bond donors (Lipinski definition) is 1. The molecule has 52 valence electrons. The third-order valence-electron chi connectivity index (χ3n) is 0.890. The van der Waals surface area contributed by atoms with Crippen molar-refractivity contribution in [3.05, 3.63) is 12.7 Å². The van der Waals surface area contributed by atoms with Gasteiger partial charge in [-0.3, -0.25) is 4.79 Å². The van der Waals surface area contributed by atoms with Crippen molar-refractivity contribution >= 4 is 17.6 Å². The monoisotopic (exact) mass is 148 g/mol. The predicted octanol–water partition coefficient (Wildman–Crippen LogP) is 1.64. The Kier molecular flexibility index (Phi) is 4.14. The number of carboxylic acids is 1. The molecule has 0 aromatic carbocycles. The van der Waals surface area contributed by atoms with E-state index in [0.29, 0.717) is 6.42 Å². The molecule has 0 fully saturated rings. The van der Waals surface area contributed by atoms with Crippen LogP contribution in [-0.4, -0.2) is 16.5 Å². The van der Waals surface area contributed by atoms with Crippen LogP contribution in [0.5, 0.6) is 0 Å². The van der Waals surface area contributed by atoms with E-state index in [1.165, 1.54) is 6.08 Å². The van der Waals surface area contributed by atoms with Crippen LogP contribution >= 0.6 is 11.6 Å². The second kappa shape index (κ2) is 4.39. The van der Waals surface area contributed by atoms with Crippen LogP contribution in [0.3, 0.4) is 0 Å². The number of aliphatic carboxylic acids is 1. The van der Waals surface area contributed by atoms with Crippen LogP contribution in [-0.2, 0) is 4.79 Å². The highest BCUT2D eigenvalue weighted by molar-refractivity contribution is 6.21. The van der Waals surface area contributed by atoms with Gasteiger partial charge in [-0.25, -0.2) is 0 Å². The van der Waals surface area contributed by atoms with Gasteiger partial charge in [0.15, 0.2) is 0 Å². The Labute approximate surface area is 59.1 Å². The molecule has 0 aliphatic carbocycles. The summed E-state index contributed by atoms with van der Waals surface area (Å²) < 4.78 is 0. The van der Waals surface area contributed by atoms with E-state index in [4.69, 9.17) is 16.7 Å². The summed E-state index contributed by atoms with van der Waals surface area (Å²) >= 11 is 5.53. The minimum Gasteiger partial charge on any atom is -0.481 e. The van der Waals surface area contributed by atoms with Crippen LogP contribution in [0.25, 0.3) is 0 Å². The molecule has 0 aromatic rings. The molecule has 0 bridgehead atoms. The van der Waals surface area contributed by atoms with Crippen LogP contribution in [0.2, 0.25) is 0 Å². The van der Waals surface area contributed by atoms with Gasteiger partial charge in [-0.1, -0.05) is 6.08 Å². The average Bonchev–Trinajstić information content (AvgIpc) is 1.83. The lowest BCUT2D eigenvalue weighted by atomic mass is 10.2. The SMILES string of the molecule is C=CC(Cl)CCC(=O)O. The topological polar surface area (TPSA) is 37.3 Å². The highest BCUT2D eigenvalue weighted by atomic mass is 35.5. The largest absolute Gasteiger partial charge is 0.481 e. The van der Waals surface area contributed by atoms with Crippen LogP contribution < -0.4 is 0 Å². The zero-order valence-electron chi connectivity index (χ0n) is 5.01. The Morgan fingerprint density at radius 1 is 1.89 bits per heavy atom. The van der Waals surface area contributed by atoms with E-state index in [9.17, 15) is 4.79 Å². The van der Waals surface area contributed by atoms with Crippen molar-refractivity contribution in [3.63, 3.8) is 0 Å². The number of rotatable bonds is 4. The molecule has 1 N–H and O–H groups in total. The maximum absolute atomic E-state index is 9.93.